The van der Waals surface area contributed by atoms with Crippen molar-refractivity contribution >= 4 is 63.7 Å². The molecule has 0 bridgehead atoms. The van der Waals surface area contributed by atoms with Gasteiger partial charge in [-0.2, -0.15) is 0 Å². The SMILES string of the molecule is [B]c1c(N(c2ccc(CCCC)cc2-c2ccccc2)c2cc3c(c4c2CN2c5ccccc5Oc5cccc-4c52)-c2ccccc2C3(C)C)ccc2oc3ccccc3c12. The van der Waals surface area contributed by atoms with Gasteiger partial charge in [0.25, 0.3) is 0 Å². The fraction of sp³-hybridized carbons (Fsp3) is 0.143. The van der Waals surface area contributed by atoms with Crippen molar-refractivity contribution in [1.29, 1.82) is 0 Å². The van der Waals surface area contributed by atoms with E-state index in [0.717, 1.165) is 92.3 Å². The highest BCUT2D eigenvalue weighted by Gasteiger charge is 2.43. The summed E-state index contributed by atoms with van der Waals surface area (Å²) in [5.74, 6) is 1.73. The van der Waals surface area contributed by atoms with Gasteiger partial charge in [0, 0.05) is 38.6 Å². The van der Waals surface area contributed by atoms with Gasteiger partial charge in [-0.1, -0.05) is 136 Å². The van der Waals surface area contributed by atoms with E-state index in [-0.39, 0.29) is 5.41 Å². The van der Waals surface area contributed by atoms with Gasteiger partial charge in [0.15, 0.2) is 11.5 Å². The molecule has 0 unspecified atom stereocenters. The summed E-state index contributed by atoms with van der Waals surface area (Å²) in [4.78, 5) is 4.94. The van der Waals surface area contributed by atoms with Crippen LogP contribution in [0.2, 0.25) is 0 Å². The molecule has 4 nitrogen and oxygen atoms in total. The number of hydrogen-bond donors (Lipinski definition) is 0. The van der Waals surface area contributed by atoms with E-state index in [2.05, 4.69) is 176 Å². The molecule has 0 amide bonds. The predicted octanol–water partition coefficient (Wildman–Crippen LogP) is 14.6. The highest BCUT2D eigenvalue weighted by Crippen LogP contribution is 2.62. The predicted molar refractivity (Wildman–Crippen MR) is 253 cm³/mol. The Bertz CT molecular complexity index is 3250. The molecule has 5 heteroatoms. The third-order valence-corrected chi connectivity index (χ3v) is 13.4. The van der Waals surface area contributed by atoms with Crippen LogP contribution < -0.4 is 20.0 Å². The van der Waals surface area contributed by atoms with Crippen LogP contribution in [0, 0.1) is 0 Å². The molecule has 0 spiro atoms. The Kier molecular flexibility index (Phi) is 7.96. The average Bonchev–Trinajstić information content (AvgIpc) is 3.79. The van der Waals surface area contributed by atoms with E-state index in [1.807, 2.05) is 12.1 Å². The lowest BCUT2D eigenvalue weighted by Crippen LogP contribution is -2.29. The fourth-order valence-corrected chi connectivity index (χ4v) is 10.5. The number of rotatable bonds is 7. The van der Waals surface area contributed by atoms with Gasteiger partial charge >= 0.3 is 0 Å². The van der Waals surface area contributed by atoms with Crippen LogP contribution in [0.25, 0.3) is 55.3 Å². The molecule has 3 aliphatic rings. The third-order valence-electron chi connectivity index (χ3n) is 13.4. The summed E-state index contributed by atoms with van der Waals surface area (Å²) < 4.78 is 13.1. The van der Waals surface area contributed by atoms with Gasteiger partial charge < -0.3 is 19.0 Å². The maximum absolute atomic E-state index is 7.59. The van der Waals surface area contributed by atoms with E-state index >= 15 is 0 Å². The quantitative estimate of drug-likeness (QED) is 0.151. The van der Waals surface area contributed by atoms with Crippen LogP contribution in [-0.4, -0.2) is 7.85 Å². The molecule has 61 heavy (non-hydrogen) atoms. The average molecular weight is 787 g/mol. The minimum absolute atomic E-state index is 0.279. The first-order valence-corrected chi connectivity index (χ1v) is 21.6. The van der Waals surface area contributed by atoms with Crippen molar-refractivity contribution in [3.8, 4) is 44.9 Å². The van der Waals surface area contributed by atoms with E-state index < -0.39 is 0 Å². The number of aryl methyl sites for hydroxylation is 1. The highest BCUT2D eigenvalue weighted by molar-refractivity contribution is 6.45. The van der Waals surface area contributed by atoms with Gasteiger partial charge in [0.2, 0.25) is 0 Å². The van der Waals surface area contributed by atoms with E-state index in [1.165, 1.54) is 44.5 Å². The second-order valence-corrected chi connectivity index (χ2v) is 17.3. The molecule has 292 valence electrons. The Labute approximate surface area is 358 Å². The zero-order valence-electron chi connectivity index (χ0n) is 34.6. The number of nitrogens with zero attached hydrogens (tertiary/aromatic N) is 2. The number of furan rings is 1. The van der Waals surface area contributed by atoms with Crippen LogP contribution in [0.1, 0.15) is 55.9 Å². The zero-order chi connectivity index (χ0) is 41.0. The zero-order valence-corrected chi connectivity index (χ0v) is 34.6. The molecule has 0 fully saturated rings. The van der Waals surface area contributed by atoms with Crippen LogP contribution in [0.4, 0.5) is 28.4 Å². The lowest BCUT2D eigenvalue weighted by molar-refractivity contribution is 0.472. The number of fused-ring (bicyclic) bond motifs is 11. The molecule has 0 N–H and O–H groups in total. The Morgan fingerprint density at radius 3 is 2.28 bits per heavy atom. The van der Waals surface area contributed by atoms with Crippen molar-refractivity contribution in [2.45, 2.75) is 52.0 Å². The summed E-state index contributed by atoms with van der Waals surface area (Å²) in [7, 11) is 7.59. The molecule has 2 aliphatic heterocycles. The summed E-state index contributed by atoms with van der Waals surface area (Å²) in [6.45, 7) is 7.65. The van der Waals surface area contributed by atoms with Gasteiger partial charge in [-0.05, 0) is 106 Å². The standard InChI is InChI=1S/C56H43BN2O2/c1-4-5-16-34-27-28-43(39(31-34)35-17-7-6-8-18-35)59(45-29-30-49-53(54(45)57)37-20-10-13-24-47(37)60-49)46-32-42-52(36-19-9-11-22-41(36)56(42,2)3)51-38-21-15-26-50-55(38)58(33-40(46)51)44-23-12-14-25-48(44)61-50/h6-15,17-32H,4-5,16,33H2,1-3H3. The molecule has 1 aromatic heterocycles. The maximum Gasteiger partial charge on any atom is 0.151 e. The fourth-order valence-electron chi connectivity index (χ4n) is 10.5. The molecule has 0 atom stereocenters. The maximum atomic E-state index is 7.59. The van der Waals surface area contributed by atoms with Crippen molar-refractivity contribution in [3.05, 3.63) is 180 Å². The van der Waals surface area contributed by atoms with Gasteiger partial charge in [0.1, 0.15) is 19.0 Å². The summed E-state index contributed by atoms with van der Waals surface area (Å²) in [5.41, 5.74) is 19.8. The molecular weight excluding hydrogens is 743 g/mol. The molecule has 8 aromatic carbocycles. The van der Waals surface area contributed by atoms with Crippen molar-refractivity contribution in [2.75, 3.05) is 9.80 Å². The topological polar surface area (TPSA) is 28.9 Å². The number of hydrogen-bond acceptors (Lipinski definition) is 4. The van der Waals surface area contributed by atoms with Crippen molar-refractivity contribution in [1.82, 2.24) is 0 Å². The van der Waals surface area contributed by atoms with Crippen molar-refractivity contribution in [2.24, 2.45) is 0 Å². The largest absolute Gasteiger partial charge is 0.456 e. The molecule has 2 radical (unpaired) electrons. The summed E-state index contributed by atoms with van der Waals surface area (Å²) >= 11 is 0. The minimum Gasteiger partial charge on any atom is -0.456 e. The lowest BCUT2D eigenvalue weighted by Gasteiger charge is -2.41. The first kappa shape index (κ1) is 35.9. The Morgan fingerprint density at radius 2 is 1.39 bits per heavy atom. The Hall–Kier alpha value is -6.98. The summed E-state index contributed by atoms with van der Waals surface area (Å²) in [5, 5.41) is 1.94. The van der Waals surface area contributed by atoms with Gasteiger partial charge in [-0.3, -0.25) is 0 Å². The van der Waals surface area contributed by atoms with E-state index in [4.69, 9.17) is 17.0 Å². The molecule has 3 heterocycles. The number of ether oxygens (including phenoxy) is 1. The van der Waals surface area contributed by atoms with Crippen LogP contribution in [0.15, 0.2) is 162 Å². The second-order valence-electron chi connectivity index (χ2n) is 17.3. The first-order valence-electron chi connectivity index (χ1n) is 21.6. The van der Waals surface area contributed by atoms with E-state index in [0.29, 0.717) is 12.0 Å². The smallest absolute Gasteiger partial charge is 0.151 e. The minimum atomic E-state index is -0.279. The van der Waals surface area contributed by atoms with Gasteiger partial charge in [-0.15, -0.1) is 0 Å². The third kappa shape index (κ3) is 5.26. The molecule has 1 aliphatic carbocycles. The molecule has 12 rings (SSSR count). The highest BCUT2D eigenvalue weighted by atomic mass is 16.5. The molecule has 0 saturated heterocycles. The number of benzene rings is 8. The normalized spacial score (nSPS) is 13.9. The summed E-state index contributed by atoms with van der Waals surface area (Å²) in [6, 6.07) is 56.9. The Morgan fingerprint density at radius 1 is 0.639 bits per heavy atom. The van der Waals surface area contributed by atoms with Crippen LogP contribution in [0.5, 0.6) is 11.5 Å². The van der Waals surface area contributed by atoms with Crippen molar-refractivity contribution in [3.63, 3.8) is 0 Å². The molecule has 0 saturated carbocycles. The second kappa shape index (κ2) is 13.5. The number of anilines is 5. The van der Waals surface area contributed by atoms with Gasteiger partial charge in [-0.25, -0.2) is 0 Å². The van der Waals surface area contributed by atoms with Gasteiger partial charge in [0.05, 0.1) is 29.3 Å². The van der Waals surface area contributed by atoms with Crippen molar-refractivity contribution < 1.29 is 9.15 Å². The number of unbranched alkanes of at least 4 members (excludes halogenated alkanes) is 1. The monoisotopic (exact) mass is 786 g/mol. The van der Waals surface area contributed by atoms with Crippen LogP contribution in [0.3, 0.4) is 0 Å². The number of para-hydroxylation sites is 4. The summed E-state index contributed by atoms with van der Waals surface area (Å²) in [6.07, 6.45) is 3.28. The Balaban J connectivity index is 1.23. The van der Waals surface area contributed by atoms with Crippen LogP contribution in [-0.2, 0) is 18.4 Å². The molecular formula is C56H43BN2O2. The first-order chi connectivity index (χ1) is 29.9. The van der Waals surface area contributed by atoms with Crippen LogP contribution >= 0.6 is 0 Å². The molecule has 9 aromatic rings. The van der Waals surface area contributed by atoms with E-state index in [1.54, 1.807) is 0 Å². The lowest BCUT2D eigenvalue weighted by atomic mass is 9.78. The van der Waals surface area contributed by atoms with E-state index in [9.17, 15) is 0 Å².